The Morgan fingerprint density at radius 1 is 1.21 bits per heavy atom. The van der Waals surface area contributed by atoms with Gasteiger partial charge in [0.15, 0.2) is 5.69 Å². The molecule has 1 amide bonds. The summed E-state index contributed by atoms with van der Waals surface area (Å²) in [6.07, 6.45) is 0.575. The fourth-order valence-corrected chi connectivity index (χ4v) is 3.37. The van der Waals surface area contributed by atoms with Gasteiger partial charge in [-0.25, -0.2) is 4.85 Å². The van der Waals surface area contributed by atoms with E-state index >= 15 is 0 Å². The maximum absolute atomic E-state index is 13.0. The van der Waals surface area contributed by atoms with Crippen molar-refractivity contribution in [2.24, 2.45) is 0 Å². The van der Waals surface area contributed by atoms with Crippen LogP contribution in [-0.4, -0.2) is 28.6 Å². The predicted octanol–water partition coefficient (Wildman–Crippen LogP) is 3.41. The van der Waals surface area contributed by atoms with Crippen LogP contribution in [0.25, 0.3) is 4.85 Å². The van der Waals surface area contributed by atoms with E-state index in [1.807, 2.05) is 44.2 Å². The van der Waals surface area contributed by atoms with Gasteiger partial charge in [0.25, 0.3) is 5.91 Å². The Bertz CT molecular complexity index is 816. The van der Waals surface area contributed by atoms with E-state index in [0.29, 0.717) is 24.2 Å². The second kappa shape index (κ2) is 6.46. The molecule has 2 aromatic carbocycles. The first-order chi connectivity index (χ1) is 11.5. The highest BCUT2D eigenvalue weighted by Crippen LogP contribution is 2.28. The first-order valence-corrected chi connectivity index (χ1v) is 8.01. The van der Waals surface area contributed by atoms with Crippen LogP contribution in [0.1, 0.15) is 32.6 Å². The van der Waals surface area contributed by atoms with Gasteiger partial charge in [-0.15, -0.1) is 0 Å². The molecule has 0 aliphatic carbocycles. The van der Waals surface area contributed by atoms with Crippen LogP contribution in [0.2, 0.25) is 0 Å². The van der Waals surface area contributed by atoms with Gasteiger partial charge >= 0.3 is 0 Å². The van der Waals surface area contributed by atoms with Crippen molar-refractivity contribution in [1.82, 2.24) is 4.90 Å². The maximum Gasteiger partial charge on any atom is 0.254 e. The lowest BCUT2D eigenvalue weighted by Crippen LogP contribution is -2.46. The number of carbonyl (C=O) groups is 1. The van der Waals surface area contributed by atoms with Crippen molar-refractivity contribution in [1.29, 1.82) is 0 Å². The highest BCUT2D eigenvalue weighted by Gasteiger charge is 2.30. The molecule has 24 heavy (non-hydrogen) atoms. The first kappa shape index (κ1) is 16.2. The number of hydrogen-bond acceptors (Lipinski definition) is 2. The molecule has 1 N–H and O–H groups in total. The lowest BCUT2D eigenvalue weighted by molar-refractivity contribution is 0.0544. The van der Waals surface area contributed by atoms with E-state index in [0.717, 1.165) is 22.3 Å². The number of rotatable bonds is 2. The van der Waals surface area contributed by atoms with Crippen LogP contribution < -0.4 is 0 Å². The summed E-state index contributed by atoms with van der Waals surface area (Å²) in [5.74, 6) is -0.0549. The normalized spacial score (nSPS) is 16.4. The molecule has 4 heteroatoms. The second-order valence-corrected chi connectivity index (χ2v) is 6.41. The van der Waals surface area contributed by atoms with Crippen molar-refractivity contribution in [3.05, 3.63) is 75.6 Å². The largest absolute Gasteiger partial charge is 0.394 e. The molecule has 0 radical (unpaired) electrons. The quantitative estimate of drug-likeness (QED) is 0.862. The highest BCUT2D eigenvalue weighted by molar-refractivity contribution is 5.95. The second-order valence-electron chi connectivity index (χ2n) is 6.41. The minimum absolute atomic E-state index is 0.0549. The van der Waals surface area contributed by atoms with Gasteiger partial charge in [-0.2, -0.15) is 0 Å². The Morgan fingerprint density at radius 3 is 2.54 bits per heavy atom. The van der Waals surface area contributed by atoms with Crippen LogP contribution in [-0.2, 0) is 13.0 Å². The van der Waals surface area contributed by atoms with Crippen LogP contribution >= 0.6 is 0 Å². The van der Waals surface area contributed by atoms with Gasteiger partial charge in [0.05, 0.1) is 19.2 Å². The summed E-state index contributed by atoms with van der Waals surface area (Å²) in [6, 6.07) is 11.1. The average Bonchev–Trinajstić information content (AvgIpc) is 2.58. The van der Waals surface area contributed by atoms with Crippen LogP contribution in [0.15, 0.2) is 36.4 Å². The molecule has 122 valence electrons. The molecular weight excluding hydrogens is 300 g/mol. The monoisotopic (exact) mass is 320 g/mol. The number of aliphatic hydroxyl groups excluding tert-OH is 1. The topological polar surface area (TPSA) is 44.9 Å². The highest BCUT2D eigenvalue weighted by atomic mass is 16.3. The Kier molecular flexibility index (Phi) is 4.37. The van der Waals surface area contributed by atoms with Crippen molar-refractivity contribution in [2.45, 2.75) is 32.9 Å². The summed E-state index contributed by atoms with van der Waals surface area (Å²) in [4.78, 5) is 18.2. The lowest BCUT2D eigenvalue weighted by Gasteiger charge is -2.36. The number of benzene rings is 2. The Balaban J connectivity index is 1.95. The fourth-order valence-electron chi connectivity index (χ4n) is 3.37. The molecular formula is C20H20N2O2. The standard InChI is InChI=1S/C20H20N2O2/c1-13-6-14(2)8-17(7-13)20(24)22-11-15-4-5-18(21-3)9-16(15)10-19(22)12-23/h4-9,19,23H,10-12H2,1-2H3. The van der Waals surface area contributed by atoms with E-state index in [1.165, 1.54) is 0 Å². The van der Waals surface area contributed by atoms with Crippen LogP contribution in [0.4, 0.5) is 5.69 Å². The van der Waals surface area contributed by atoms with Gasteiger partial charge in [-0.3, -0.25) is 4.79 Å². The van der Waals surface area contributed by atoms with E-state index in [2.05, 4.69) is 4.85 Å². The third-order valence-corrected chi connectivity index (χ3v) is 4.50. The van der Waals surface area contributed by atoms with E-state index in [4.69, 9.17) is 6.57 Å². The van der Waals surface area contributed by atoms with Crippen LogP contribution in [0.3, 0.4) is 0 Å². The van der Waals surface area contributed by atoms with Crippen molar-refractivity contribution in [2.75, 3.05) is 6.61 Å². The SMILES string of the molecule is [C-]#[N+]c1ccc2c(c1)CC(CO)N(C(=O)c1cc(C)cc(C)c1)C2. The van der Waals surface area contributed by atoms with Crippen molar-refractivity contribution < 1.29 is 9.90 Å². The number of aliphatic hydroxyl groups is 1. The van der Waals surface area contributed by atoms with Crippen LogP contribution in [0, 0.1) is 20.4 Å². The van der Waals surface area contributed by atoms with E-state index in [9.17, 15) is 9.90 Å². The minimum Gasteiger partial charge on any atom is -0.394 e. The molecule has 1 aliphatic rings. The summed E-state index contributed by atoms with van der Waals surface area (Å²) in [5, 5.41) is 9.76. The smallest absolute Gasteiger partial charge is 0.254 e. The minimum atomic E-state index is -0.258. The third kappa shape index (κ3) is 3.04. The Labute approximate surface area is 142 Å². The van der Waals surface area contributed by atoms with Crippen molar-refractivity contribution >= 4 is 11.6 Å². The molecule has 1 aliphatic heterocycles. The zero-order valence-corrected chi connectivity index (χ0v) is 13.9. The molecule has 2 aromatic rings. The molecule has 0 aromatic heterocycles. The Morgan fingerprint density at radius 2 is 1.92 bits per heavy atom. The lowest BCUT2D eigenvalue weighted by atomic mass is 9.93. The zero-order chi connectivity index (χ0) is 17.3. The molecule has 0 saturated heterocycles. The molecule has 3 rings (SSSR count). The van der Waals surface area contributed by atoms with Gasteiger partial charge in [-0.1, -0.05) is 41.0 Å². The summed E-state index contributed by atoms with van der Waals surface area (Å²) in [7, 11) is 0. The summed E-state index contributed by atoms with van der Waals surface area (Å²) in [5.41, 5.74) is 5.46. The van der Waals surface area contributed by atoms with Crippen molar-refractivity contribution in [3.63, 3.8) is 0 Å². The first-order valence-electron chi connectivity index (χ1n) is 8.01. The van der Waals surface area contributed by atoms with Gasteiger partial charge in [-0.05, 0) is 38.0 Å². The zero-order valence-electron chi connectivity index (χ0n) is 13.9. The summed E-state index contributed by atoms with van der Waals surface area (Å²) < 4.78 is 0. The number of hydrogen-bond donors (Lipinski definition) is 1. The molecule has 1 unspecified atom stereocenters. The molecule has 1 atom stereocenters. The van der Waals surface area contributed by atoms with E-state index < -0.39 is 0 Å². The molecule has 0 spiro atoms. The van der Waals surface area contributed by atoms with E-state index in [1.54, 1.807) is 11.0 Å². The number of carbonyl (C=O) groups excluding carboxylic acids is 1. The summed E-state index contributed by atoms with van der Waals surface area (Å²) >= 11 is 0. The predicted molar refractivity (Wildman–Crippen MR) is 93.1 cm³/mol. The molecule has 1 heterocycles. The van der Waals surface area contributed by atoms with Gasteiger partial charge in [0.1, 0.15) is 0 Å². The number of nitrogens with zero attached hydrogens (tertiary/aromatic N) is 2. The molecule has 0 fully saturated rings. The van der Waals surface area contributed by atoms with Gasteiger partial charge in [0, 0.05) is 12.1 Å². The molecule has 0 saturated carbocycles. The average molecular weight is 320 g/mol. The number of amides is 1. The van der Waals surface area contributed by atoms with Crippen molar-refractivity contribution in [3.8, 4) is 0 Å². The van der Waals surface area contributed by atoms with Crippen LogP contribution in [0.5, 0.6) is 0 Å². The number of aryl methyl sites for hydroxylation is 2. The van der Waals surface area contributed by atoms with Gasteiger partial charge < -0.3 is 10.0 Å². The number of fused-ring (bicyclic) bond motifs is 1. The molecule has 4 nitrogen and oxygen atoms in total. The third-order valence-electron chi connectivity index (χ3n) is 4.50. The molecule has 0 bridgehead atoms. The maximum atomic E-state index is 13.0. The van der Waals surface area contributed by atoms with Gasteiger partial charge in [0.2, 0.25) is 0 Å². The Hall–Kier alpha value is -2.64. The fraction of sp³-hybridized carbons (Fsp3) is 0.300. The summed E-state index contributed by atoms with van der Waals surface area (Å²) in [6.45, 7) is 11.5. The van der Waals surface area contributed by atoms with E-state index in [-0.39, 0.29) is 18.6 Å².